The standard InChI is InChI=1S/C20H22N4O5S/c1-27-17-7-5-15(6-8-17)20-22-19(29-23-20)14-21-16-3-2-4-18(13-16)30(25,26)24-9-11-28-12-10-24/h2-8,13,21H,9-12,14H2,1H3. The monoisotopic (exact) mass is 430 g/mol. The number of sulfonamides is 1. The molecule has 0 aliphatic carbocycles. The number of morpholine rings is 1. The molecule has 2 aromatic carbocycles. The number of nitrogens with zero attached hydrogens (tertiary/aromatic N) is 3. The second kappa shape index (κ2) is 8.82. The molecule has 2 heterocycles. The molecule has 3 aromatic rings. The van der Waals surface area contributed by atoms with E-state index in [4.69, 9.17) is 14.0 Å². The Labute approximate surface area is 174 Å². The predicted molar refractivity (Wildman–Crippen MR) is 110 cm³/mol. The molecule has 30 heavy (non-hydrogen) atoms. The summed E-state index contributed by atoms with van der Waals surface area (Å²) in [6, 6.07) is 14.0. The Balaban J connectivity index is 1.43. The zero-order chi connectivity index (χ0) is 21.0. The van der Waals surface area contributed by atoms with Crippen LogP contribution in [0.3, 0.4) is 0 Å². The number of anilines is 1. The van der Waals surface area contributed by atoms with E-state index in [1.165, 1.54) is 4.31 Å². The summed E-state index contributed by atoms with van der Waals surface area (Å²) in [4.78, 5) is 4.61. The van der Waals surface area contributed by atoms with Crippen LogP contribution in [0.25, 0.3) is 11.4 Å². The molecule has 0 spiro atoms. The van der Waals surface area contributed by atoms with Crippen molar-refractivity contribution < 1.29 is 22.4 Å². The molecule has 1 aromatic heterocycles. The second-order valence-electron chi connectivity index (χ2n) is 6.64. The molecule has 1 saturated heterocycles. The number of nitrogens with one attached hydrogen (secondary N) is 1. The third-order valence-electron chi connectivity index (χ3n) is 4.70. The number of hydrogen-bond acceptors (Lipinski definition) is 8. The molecule has 0 unspecified atom stereocenters. The minimum atomic E-state index is -3.55. The maximum atomic E-state index is 12.8. The summed E-state index contributed by atoms with van der Waals surface area (Å²) in [6.45, 7) is 1.80. The van der Waals surface area contributed by atoms with E-state index in [9.17, 15) is 8.42 Å². The zero-order valence-electron chi connectivity index (χ0n) is 16.4. The average molecular weight is 430 g/mol. The van der Waals surface area contributed by atoms with Crippen molar-refractivity contribution in [3.05, 3.63) is 54.4 Å². The van der Waals surface area contributed by atoms with Crippen LogP contribution in [0.4, 0.5) is 5.69 Å². The van der Waals surface area contributed by atoms with Crippen molar-refractivity contribution in [2.75, 3.05) is 38.7 Å². The molecule has 0 radical (unpaired) electrons. The molecule has 1 aliphatic heterocycles. The van der Waals surface area contributed by atoms with Gasteiger partial charge < -0.3 is 19.3 Å². The highest BCUT2D eigenvalue weighted by molar-refractivity contribution is 7.89. The van der Waals surface area contributed by atoms with Gasteiger partial charge in [-0.3, -0.25) is 0 Å². The number of methoxy groups -OCH3 is 1. The van der Waals surface area contributed by atoms with E-state index < -0.39 is 10.0 Å². The first-order chi connectivity index (χ1) is 14.6. The molecule has 10 heteroatoms. The third-order valence-corrected chi connectivity index (χ3v) is 6.60. The van der Waals surface area contributed by atoms with Crippen LogP contribution in [0.5, 0.6) is 5.75 Å². The molecule has 0 bridgehead atoms. The zero-order valence-corrected chi connectivity index (χ0v) is 17.3. The van der Waals surface area contributed by atoms with Crippen LogP contribution in [0.1, 0.15) is 5.89 Å². The van der Waals surface area contributed by atoms with Gasteiger partial charge in [-0.05, 0) is 42.5 Å². The van der Waals surface area contributed by atoms with Crippen LogP contribution in [-0.2, 0) is 21.3 Å². The van der Waals surface area contributed by atoms with Crippen molar-refractivity contribution in [2.45, 2.75) is 11.4 Å². The molecule has 4 rings (SSSR count). The van der Waals surface area contributed by atoms with Gasteiger partial charge in [-0.15, -0.1) is 0 Å². The highest BCUT2D eigenvalue weighted by Crippen LogP contribution is 2.22. The number of aromatic nitrogens is 2. The minimum Gasteiger partial charge on any atom is -0.497 e. The van der Waals surface area contributed by atoms with E-state index >= 15 is 0 Å². The van der Waals surface area contributed by atoms with Gasteiger partial charge in [0, 0.05) is 24.3 Å². The van der Waals surface area contributed by atoms with Gasteiger partial charge >= 0.3 is 0 Å². The smallest absolute Gasteiger partial charge is 0.246 e. The normalized spacial score (nSPS) is 15.1. The number of hydrogen-bond donors (Lipinski definition) is 1. The lowest BCUT2D eigenvalue weighted by Gasteiger charge is -2.26. The van der Waals surface area contributed by atoms with E-state index in [0.717, 1.165) is 11.3 Å². The Morgan fingerprint density at radius 1 is 1.13 bits per heavy atom. The third kappa shape index (κ3) is 4.45. The minimum absolute atomic E-state index is 0.235. The highest BCUT2D eigenvalue weighted by atomic mass is 32.2. The SMILES string of the molecule is COc1ccc(-c2noc(CNc3cccc(S(=O)(=O)N4CCOCC4)c3)n2)cc1. The molecule has 0 saturated carbocycles. The first kappa shape index (κ1) is 20.3. The fraction of sp³-hybridized carbons (Fsp3) is 0.300. The fourth-order valence-corrected chi connectivity index (χ4v) is 4.52. The van der Waals surface area contributed by atoms with Crippen molar-refractivity contribution in [1.29, 1.82) is 0 Å². The van der Waals surface area contributed by atoms with E-state index in [1.807, 2.05) is 24.3 Å². The molecule has 1 aliphatic rings. The van der Waals surface area contributed by atoms with Crippen LogP contribution in [0.15, 0.2) is 57.9 Å². The predicted octanol–water partition coefficient (Wildman–Crippen LogP) is 2.38. The molecule has 158 valence electrons. The summed E-state index contributed by atoms with van der Waals surface area (Å²) in [7, 11) is -1.95. The van der Waals surface area contributed by atoms with E-state index in [2.05, 4.69) is 15.5 Å². The van der Waals surface area contributed by atoms with Crippen molar-refractivity contribution in [1.82, 2.24) is 14.4 Å². The highest BCUT2D eigenvalue weighted by Gasteiger charge is 2.26. The molecular formula is C20H22N4O5S. The maximum absolute atomic E-state index is 12.8. The average Bonchev–Trinajstić information content (AvgIpc) is 3.28. The largest absolute Gasteiger partial charge is 0.497 e. The molecule has 0 atom stereocenters. The lowest BCUT2D eigenvalue weighted by molar-refractivity contribution is 0.0730. The van der Waals surface area contributed by atoms with Crippen molar-refractivity contribution in [3.63, 3.8) is 0 Å². The Kier molecular flexibility index (Phi) is 5.98. The Morgan fingerprint density at radius 2 is 1.90 bits per heavy atom. The lowest BCUT2D eigenvalue weighted by atomic mass is 10.2. The van der Waals surface area contributed by atoms with Crippen LogP contribution in [-0.4, -0.2) is 56.3 Å². The molecular weight excluding hydrogens is 408 g/mol. The van der Waals surface area contributed by atoms with Crippen LogP contribution in [0, 0.1) is 0 Å². The lowest BCUT2D eigenvalue weighted by Crippen LogP contribution is -2.40. The second-order valence-corrected chi connectivity index (χ2v) is 8.58. The van der Waals surface area contributed by atoms with Gasteiger partial charge in [0.05, 0.1) is 31.8 Å². The molecule has 0 amide bonds. The van der Waals surface area contributed by atoms with E-state index in [-0.39, 0.29) is 11.4 Å². The van der Waals surface area contributed by atoms with E-state index in [0.29, 0.717) is 43.7 Å². The van der Waals surface area contributed by atoms with Gasteiger partial charge in [0.1, 0.15) is 5.75 Å². The van der Waals surface area contributed by atoms with E-state index in [1.54, 1.807) is 31.4 Å². The van der Waals surface area contributed by atoms with Gasteiger partial charge in [-0.25, -0.2) is 8.42 Å². The van der Waals surface area contributed by atoms with Crippen LogP contribution in [0.2, 0.25) is 0 Å². The molecule has 1 fully saturated rings. The van der Waals surface area contributed by atoms with Crippen LogP contribution >= 0.6 is 0 Å². The summed E-state index contributed by atoms with van der Waals surface area (Å²) in [5.41, 5.74) is 1.46. The van der Waals surface area contributed by atoms with Crippen molar-refractivity contribution >= 4 is 15.7 Å². The van der Waals surface area contributed by atoms with Gasteiger partial charge in [-0.1, -0.05) is 11.2 Å². The van der Waals surface area contributed by atoms with Gasteiger partial charge in [-0.2, -0.15) is 9.29 Å². The summed E-state index contributed by atoms with van der Waals surface area (Å²) >= 11 is 0. The van der Waals surface area contributed by atoms with Crippen molar-refractivity contribution in [3.8, 4) is 17.1 Å². The molecule has 1 N–H and O–H groups in total. The Bertz CT molecular complexity index is 1090. The number of benzene rings is 2. The number of rotatable bonds is 7. The maximum Gasteiger partial charge on any atom is 0.246 e. The molecule has 9 nitrogen and oxygen atoms in total. The quantitative estimate of drug-likeness (QED) is 0.609. The van der Waals surface area contributed by atoms with Crippen molar-refractivity contribution in [2.24, 2.45) is 0 Å². The van der Waals surface area contributed by atoms with Crippen LogP contribution < -0.4 is 10.1 Å². The van der Waals surface area contributed by atoms with Gasteiger partial charge in [0.25, 0.3) is 0 Å². The summed E-state index contributed by atoms with van der Waals surface area (Å²) in [5.74, 6) is 1.61. The van der Waals surface area contributed by atoms with Gasteiger partial charge in [0.15, 0.2) is 0 Å². The summed E-state index contributed by atoms with van der Waals surface area (Å²) in [6.07, 6.45) is 0. The Hall–Kier alpha value is -2.95. The summed E-state index contributed by atoms with van der Waals surface area (Å²) < 4.78 is 42.7. The number of ether oxygens (including phenoxy) is 2. The summed E-state index contributed by atoms with van der Waals surface area (Å²) in [5, 5.41) is 7.13. The van der Waals surface area contributed by atoms with Gasteiger partial charge in [0.2, 0.25) is 21.7 Å². The first-order valence-electron chi connectivity index (χ1n) is 9.45. The topological polar surface area (TPSA) is 107 Å². The Morgan fingerprint density at radius 3 is 2.63 bits per heavy atom. The first-order valence-corrected chi connectivity index (χ1v) is 10.9. The fourth-order valence-electron chi connectivity index (χ4n) is 3.06.